The van der Waals surface area contributed by atoms with Crippen LogP contribution in [0.3, 0.4) is 0 Å². The van der Waals surface area contributed by atoms with Crippen LogP contribution in [0.2, 0.25) is 0 Å². The summed E-state index contributed by atoms with van der Waals surface area (Å²) in [6.07, 6.45) is 0. The highest BCUT2D eigenvalue weighted by Crippen LogP contribution is 2.40. The van der Waals surface area contributed by atoms with E-state index in [-0.39, 0.29) is 27.6 Å². The Morgan fingerprint density at radius 2 is 1.54 bits per heavy atom. The number of ether oxygens (including phenoxy) is 2. The molecule has 0 bridgehead atoms. The highest BCUT2D eigenvalue weighted by Gasteiger charge is 2.19. The largest absolute Gasteiger partial charge is 0.505 e. The molecule has 4 rings (SSSR count). The number of anilines is 1. The van der Waals surface area contributed by atoms with E-state index in [0.717, 1.165) is 0 Å². The van der Waals surface area contributed by atoms with Crippen molar-refractivity contribution in [3.05, 3.63) is 84.4 Å². The van der Waals surface area contributed by atoms with Gasteiger partial charge < -0.3 is 14.6 Å². The fourth-order valence-corrected chi connectivity index (χ4v) is 4.45. The SMILES string of the molecule is COc1ccc(S(=O)(=O)Nc2cc(N=NC(=O)c3cccc(OC)c3)c(O)c3ccccc23)cc1. The first-order valence-electron chi connectivity index (χ1n) is 10.3. The molecular formula is C25H21N3O6S. The Morgan fingerprint density at radius 3 is 2.23 bits per heavy atom. The van der Waals surface area contributed by atoms with Gasteiger partial charge in [-0.1, -0.05) is 30.3 Å². The van der Waals surface area contributed by atoms with E-state index in [1.165, 1.54) is 50.6 Å². The number of aromatic hydroxyl groups is 1. The molecule has 0 heterocycles. The number of azo groups is 1. The average molecular weight is 492 g/mol. The third-order valence-electron chi connectivity index (χ3n) is 5.18. The summed E-state index contributed by atoms with van der Waals surface area (Å²) in [5.41, 5.74) is 0.332. The fourth-order valence-electron chi connectivity index (χ4n) is 3.38. The van der Waals surface area contributed by atoms with Crippen LogP contribution in [0, 0.1) is 0 Å². The van der Waals surface area contributed by atoms with Crippen LogP contribution in [0.1, 0.15) is 10.4 Å². The summed E-state index contributed by atoms with van der Waals surface area (Å²) in [6.45, 7) is 0. The van der Waals surface area contributed by atoms with Gasteiger partial charge in [0.15, 0.2) is 5.75 Å². The van der Waals surface area contributed by atoms with E-state index in [1.54, 1.807) is 42.5 Å². The van der Waals surface area contributed by atoms with Gasteiger partial charge in [-0.3, -0.25) is 9.52 Å². The molecule has 0 fully saturated rings. The third kappa shape index (κ3) is 5.07. The number of phenolic OH excluding ortho intramolecular Hbond substituents is 1. The minimum Gasteiger partial charge on any atom is -0.505 e. The van der Waals surface area contributed by atoms with E-state index in [0.29, 0.717) is 22.3 Å². The second-order valence-corrected chi connectivity index (χ2v) is 9.04. The monoisotopic (exact) mass is 491 g/mol. The first-order valence-corrected chi connectivity index (χ1v) is 11.8. The van der Waals surface area contributed by atoms with Gasteiger partial charge in [-0.15, -0.1) is 10.2 Å². The maximum atomic E-state index is 13.0. The highest BCUT2D eigenvalue weighted by atomic mass is 32.2. The number of hydrogen-bond donors (Lipinski definition) is 2. The Labute approximate surface area is 201 Å². The van der Waals surface area contributed by atoms with E-state index in [9.17, 15) is 18.3 Å². The number of fused-ring (bicyclic) bond motifs is 1. The number of benzene rings is 4. The zero-order valence-electron chi connectivity index (χ0n) is 18.8. The standard InChI is InChI=1S/C25H21N3O6S/c1-33-17-10-12-19(13-11-17)35(31,32)28-22-15-23(24(29)21-9-4-3-8-20(21)22)26-27-25(30)16-6-5-7-18(14-16)34-2/h3-15,28-29H,1-2H3. The number of carbonyl (C=O) groups is 1. The van der Waals surface area contributed by atoms with Gasteiger partial charge in [0.2, 0.25) is 0 Å². The molecule has 0 saturated heterocycles. The fraction of sp³-hybridized carbons (Fsp3) is 0.0800. The molecule has 0 spiro atoms. The molecule has 4 aromatic carbocycles. The molecule has 10 heteroatoms. The molecule has 178 valence electrons. The quantitative estimate of drug-likeness (QED) is 0.267. The predicted octanol–water partition coefficient (Wildman–Crippen LogP) is 5.29. The van der Waals surface area contributed by atoms with Crippen LogP contribution in [0.15, 0.2) is 94.0 Å². The molecule has 0 saturated carbocycles. The normalized spacial score (nSPS) is 11.5. The molecule has 4 aromatic rings. The molecule has 0 aromatic heterocycles. The summed E-state index contributed by atoms with van der Waals surface area (Å²) >= 11 is 0. The van der Waals surface area contributed by atoms with E-state index < -0.39 is 15.9 Å². The molecule has 0 unspecified atom stereocenters. The van der Waals surface area contributed by atoms with Crippen LogP contribution < -0.4 is 14.2 Å². The van der Waals surface area contributed by atoms with Gasteiger partial charge in [0.25, 0.3) is 15.9 Å². The van der Waals surface area contributed by atoms with E-state index in [4.69, 9.17) is 9.47 Å². The molecule has 0 aliphatic carbocycles. The zero-order chi connectivity index (χ0) is 25.0. The van der Waals surface area contributed by atoms with Crippen molar-refractivity contribution < 1.29 is 27.8 Å². The van der Waals surface area contributed by atoms with E-state index in [1.807, 2.05) is 0 Å². The predicted molar refractivity (Wildman–Crippen MR) is 131 cm³/mol. The zero-order valence-corrected chi connectivity index (χ0v) is 19.6. The minimum absolute atomic E-state index is 0.0202. The van der Waals surface area contributed by atoms with Crippen molar-refractivity contribution in [1.29, 1.82) is 0 Å². The van der Waals surface area contributed by atoms with Crippen LogP contribution in [-0.4, -0.2) is 33.7 Å². The lowest BCUT2D eigenvalue weighted by Gasteiger charge is -2.13. The molecule has 0 radical (unpaired) electrons. The molecule has 0 atom stereocenters. The molecule has 0 aliphatic rings. The Morgan fingerprint density at radius 1 is 0.857 bits per heavy atom. The number of amides is 1. The van der Waals surface area contributed by atoms with Crippen molar-refractivity contribution in [2.24, 2.45) is 10.2 Å². The maximum Gasteiger partial charge on any atom is 0.295 e. The summed E-state index contributed by atoms with van der Waals surface area (Å²) in [5.74, 6) is 0.101. The van der Waals surface area contributed by atoms with Crippen LogP contribution in [0.4, 0.5) is 11.4 Å². The molecule has 2 N–H and O–H groups in total. The summed E-state index contributed by atoms with van der Waals surface area (Å²) in [4.78, 5) is 12.5. The summed E-state index contributed by atoms with van der Waals surface area (Å²) < 4.78 is 38.8. The Kier molecular flexibility index (Phi) is 6.65. The van der Waals surface area contributed by atoms with Crippen LogP contribution in [0.25, 0.3) is 10.8 Å². The second-order valence-electron chi connectivity index (χ2n) is 7.36. The van der Waals surface area contributed by atoms with Crippen molar-refractivity contribution in [1.82, 2.24) is 0 Å². The van der Waals surface area contributed by atoms with Crippen LogP contribution in [0.5, 0.6) is 17.2 Å². The first-order chi connectivity index (χ1) is 16.8. The number of carbonyl (C=O) groups excluding carboxylic acids is 1. The van der Waals surface area contributed by atoms with Gasteiger partial charge in [0.1, 0.15) is 17.2 Å². The van der Waals surface area contributed by atoms with Gasteiger partial charge >= 0.3 is 0 Å². The highest BCUT2D eigenvalue weighted by molar-refractivity contribution is 7.92. The lowest BCUT2D eigenvalue weighted by molar-refractivity contribution is 0.0994. The Balaban J connectivity index is 1.72. The number of hydrogen-bond acceptors (Lipinski definition) is 7. The average Bonchev–Trinajstić information content (AvgIpc) is 2.89. The molecule has 9 nitrogen and oxygen atoms in total. The number of phenols is 1. The minimum atomic E-state index is -3.98. The number of sulfonamides is 1. The lowest BCUT2D eigenvalue weighted by atomic mass is 10.1. The Bertz CT molecular complexity index is 1530. The topological polar surface area (TPSA) is 127 Å². The van der Waals surface area contributed by atoms with Gasteiger partial charge in [0, 0.05) is 16.3 Å². The summed E-state index contributed by atoms with van der Waals surface area (Å²) in [5, 5.41) is 19.1. The molecule has 0 aliphatic heterocycles. The first kappa shape index (κ1) is 23.7. The summed E-state index contributed by atoms with van der Waals surface area (Å²) in [6, 6.07) is 20.3. The second kappa shape index (κ2) is 9.82. The van der Waals surface area contributed by atoms with Crippen molar-refractivity contribution in [2.45, 2.75) is 4.90 Å². The molecule has 35 heavy (non-hydrogen) atoms. The summed E-state index contributed by atoms with van der Waals surface area (Å²) in [7, 11) is -1.02. The van der Waals surface area contributed by atoms with Crippen molar-refractivity contribution in [3.8, 4) is 17.2 Å². The number of rotatable bonds is 7. The van der Waals surface area contributed by atoms with Gasteiger partial charge in [0.05, 0.1) is 24.8 Å². The van der Waals surface area contributed by atoms with Crippen molar-refractivity contribution in [2.75, 3.05) is 18.9 Å². The number of nitrogens with one attached hydrogen (secondary N) is 1. The van der Waals surface area contributed by atoms with Crippen molar-refractivity contribution in [3.63, 3.8) is 0 Å². The van der Waals surface area contributed by atoms with Crippen LogP contribution in [-0.2, 0) is 10.0 Å². The van der Waals surface area contributed by atoms with E-state index in [2.05, 4.69) is 15.0 Å². The molecular weight excluding hydrogens is 470 g/mol. The van der Waals surface area contributed by atoms with Gasteiger partial charge in [-0.2, -0.15) is 0 Å². The number of methoxy groups -OCH3 is 2. The smallest absolute Gasteiger partial charge is 0.295 e. The lowest BCUT2D eigenvalue weighted by Crippen LogP contribution is -2.13. The van der Waals surface area contributed by atoms with Crippen LogP contribution >= 0.6 is 0 Å². The third-order valence-corrected chi connectivity index (χ3v) is 6.56. The molecule has 1 amide bonds. The van der Waals surface area contributed by atoms with Gasteiger partial charge in [-0.25, -0.2) is 8.42 Å². The number of nitrogens with zero attached hydrogens (tertiary/aromatic N) is 2. The maximum absolute atomic E-state index is 13.0. The van der Waals surface area contributed by atoms with E-state index >= 15 is 0 Å². The van der Waals surface area contributed by atoms with Crippen molar-refractivity contribution >= 4 is 38.1 Å². The Hall–Kier alpha value is -4.44. The van der Waals surface area contributed by atoms with Gasteiger partial charge in [-0.05, 0) is 48.5 Å².